The minimum absolute atomic E-state index is 0.342. The van der Waals surface area contributed by atoms with Crippen molar-refractivity contribution in [1.82, 2.24) is 10.3 Å². The molecule has 1 N–H and O–H groups in total. The van der Waals surface area contributed by atoms with Crippen LogP contribution in [0, 0.1) is 0 Å². The van der Waals surface area contributed by atoms with Gasteiger partial charge in [-0.05, 0) is 25.5 Å². The van der Waals surface area contributed by atoms with E-state index in [1.54, 1.807) is 20.2 Å². The molecule has 0 fully saturated rings. The van der Waals surface area contributed by atoms with Gasteiger partial charge in [0.2, 0.25) is 0 Å². The van der Waals surface area contributed by atoms with Gasteiger partial charge >= 0.3 is 5.97 Å². The maximum absolute atomic E-state index is 11.7. The average Bonchev–Trinajstić information content (AvgIpc) is 2.50. The van der Waals surface area contributed by atoms with Crippen LogP contribution < -0.4 is 10.1 Å². The molecule has 0 radical (unpaired) electrons. The molecule has 1 unspecified atom stereocenters. The second kappa shape index (κ2) is 10.1. The zero-order valence-electron chi connectivity index (χ0n) is 12.9. The normalized spacial score (nSPS) is 12.0. The van der Waals surface area contributed by atoms with Crippen molar-refractivity contribution in [2.24, 2.45) is 0 Å². The summed E-state index contributed by atoms with van der Waals surface area (Å²) in [5, 5.41) is 3.21. The highest BCUT2D eigenvalue weighted by Crippen LogP contribution is 2.13. The molecular weight excluding hydrogens is 272 g/mol. The molecule has 1 rings (SSSR count). The Balaban J connectivity index is 2.47. The van der Waals surface area contributed by atoms with Gasteiger partial charge in [-0.25, -0.2) is 4.79 Å². The number of hydrogen-bond donors (Lipinski definition) is 1. The zero-order chi connectivity index (χ0) is 15.5. The van der Waals surface area contributed by atoms with Gasteiger partial charge in [0.05, 0.1) is 25.1 Å². The minimum Gasteiger partial charge on any atom is -0.477 e. The Labute approximate surface area is 125 Å². The van der Waals surface area contributed by atoms with Crippen molar-refractivity contribution in [1.29, 1.82) is 0 Å². The topological polar surface area (TPSA) is 69.7 Å². The summed E-state index contributed by atoms with van der Waals surface area (Å²) in [6.45, 7) is 6.11. The molecule has 0 amide bonds. The Morgan fingerprint density at radius 2 is 2.19 bits per heavy atom. The van der Waals surface area contributed by atoms with Gasteiger partial charge in [0.1, 0.15) is 5.75 Å². The molecule has 0 saturated heterocycles. The number of nitrogens with one attached hydrogen (secondary N) is 1. The molecule has 1 heterocycles. The summed E-state index contributed by atoms with van der Waals surface area (Å²) in [6, 6.07) is 3.68. The molecule has 0 aliphatic heterocycles. The van der Waals surface area contributed by atoms with Crippen LogP contribution in [0.3, 0.4) is 0 Å². The lowest BCUT2D eigenvalue weighted by molar-refractivity contribution is -0.151. The van der Waals surface area contributed by atoms with Gasteiger partial charge in [-0.15, -0.1) is 0 Å². The Bertz CT molecular complexity index is 409. The minimum atomic E-state index is -0.586. The molecule has 6 heteroatoms. The quantitative estimate of drug-likeness (QED) is 0.522. The second-order valence-corrected chi connectivity index (χ2v) is 4.42. The number of aromatic nitrogens is 1. The summed E-state index contributed by atoms with van der Waals surface area (Å²) >= 11 is 0. The van der Waals surface area contributed by atoms with Crippen molar-refractivity contribution >= 4 is 5.97 Å². The SMILES string of the molecule is CCOC(=O)C(CC)Oc1ccc(CNCCOC)nc1. The lowest BCUT2D eigenvalue weighted by Gasteiger charge is -2.15. The van der Waals surface area contributed by atoms with E-state index in [4.69, 9.17) is 14.2 Å². The summed E-state index contributed by atoms with van der Waals surface area (Å²) in [7, 11) is 1.67. The van der Waals surface area contributed by atoms with Crippen LogP contribution in [0.4, 0.5) is 0 Å². The third-order valence-electron chi connectivity index (χ3n) is 2.79. The predicted octanol–water partition coefficient (Wildman–Crippen LogP) is 1.54. The number of hydrogen-bond acceptors (Lipinski definition) is 6. The van der Waals surface area contributed by atoms with Crippen LogP contribution in [0.1, 0.15) is 26.0 Å². The number of nitrogens with zero attached hydrogens (tertiary/aromatic N) is 1. The molecule has 1 aromatic rings. The Kier molecular flexibility index (Phi) is 8.38. The van der Waals surface area contributed by atoms with Gasteiger partial charge < -0.3 is 19.5 Å². The van der Waals surface area contributed by atoms with Crippen molar-refractivity contribution in [2.45, 2.75) is 32.9 Å². The van der Waals surface area contributed by atoms with Crippen LogP contribution in [-0.2, 0) is 20.8 Å². The van der Waals surface area contributed by atoms with E-state index in [-0.39, 0.29) is 5.97 Å². The third-order valence-corrected chi connectivity index (χ3v) is 2.79. The van der Waals surface area contributed by atoms with Crippen LogP contribution in [0.2, 0.25) is 0 Å². The maximum atomic E-state index is 11.7. The van der Waals surface area contributed by atoms with Gasteiger partial charge in [-0.2, -0.15) is 0 Å². The molecule has 1 atom stereocenters. The van der Waals surface area contributed by atoms with Crippen LogP contribution in [-0.4, -0.2) is 43.9 Å². The molecule has 1 aromatic heterocycles. The molecule has 0 spiro atoms. The number of rotatable bonds is 10. The highest BCUT2D eigenvalue weighted by Gasteiger charge is 2.19. The summed E-state index contributed by atoms with van der Waals surface area (Å²) in [5.74, 6) is 0.223. The first kappa shape index (κ1) is 17.4. The molecule has 0 aromatic carbocycles. The van der Waals surface area contributed by atoms with E-state index in [1.807, 2.05) is 19.1 Å². The van der Waals surface area contributed by atoms with Crippen molar-refractivity contribution in [2.75, 3.05) is 26.9 Å². The molecule has 0 aliphatic carbocycles. The molecule has 6 nitrogen and oxygen atoms in total. The molecule has 0 aliphatic rings. The summed E-state index contributed by atoms with van der Waals surface area (Å²) in [6.07, 6.45) is 1.59. The first-order valence-corrected chi connectivity index (χ1v) is 7.19. The van der Waals surface area contributed by atoms with E-state index < -0.39 is 6.10 Å². The van der Waals surface area contributed by atoms with Gasteiger partial charge in [-0.3, -0.25) is 4.98 Å². The fourth-order valence-electron chi connectivity index (χ4n) is 1.67. The van der Waals surface area contributed by atoms with Crippen LogP contribution >= 0.6 is 0 Å². The molecule has 0 bridgehead atoms. The van der Waals surface area contributed by atoms with E-state index in [0.29, 0.717) is 31.9 Å². The third kappa shape index (κ3) is 6.55. The van der Waals surface area contributed by atoms with Crippen LogP contribution in [0.15, 0.2) is 18.3 Å². The lowest BCUT2D eigenvalue weighted by Crippen LogP contribution is -2.28. The summed E-state index contributed by atoms with van der Waals surface area (Å²) < 4.78 is 15.5. The van der Waals surface area contributed by atoms with Crippen LogP contribution in [0.25, 0.3) is 0 Å². The second-order valence-electron chi connectivity index (χ2n) is 4.42. The van der Waals surface area contributed by atoms with Crippen molar-refractivity contribution < 1.29 is 19.0 Å². The van der Waals surface area contributed by atoms with Crippen molar-refractivity contribution in [3.63, 3.8) is 0 Å². The zero-order valence-corrected chi connectivity index (χ0v) is 12.9. The van der Waals surface area contributed by atoms with E-state index in [0.717, 1.165) is 12.2 Å². The number of ether oxygens (including phenoxy) is 3. The van der Waals surface area contributed by atoms with Gasteiger partial charge in [0.25, 0.3) is 0 Å². The van der Waals surface area contributed by atoms with E-state index in [9.17, 15) is 4.79 Å². The fourth-order valence-corrected chi connectivity index (χ4v) is 1.67. The Morgan fingerprint density at radius 3 is 2.76 bits per heavy atom. The average molecular weight is 296 g/mol. The monoisotopic (exact) mass is 296 g/mol. The van der Waals surface area contributed by atoms with Gasteiger partial charge in [-0.1, -0.05) is 6.92 Å². The molecule has 21 heavy (non-hydrogen) atoms. The Hall–Kier alpha value is -1.66. The Morgan fingerprint density at radius 1 is 1.38 bits per heavy atom. The van der Waals surface area contributed by atoms with Gasteiger partial charge in [0, 0.05) is 20.2 Å². The number of carbonyl (C=O) groups excluding carboxylic acids is 1. The first-order chi connectivity index (χ1) is 10.2. The molecular formula is C15H24N2O4. The number of esters is 1. The molecule has 118 valence electrons. The lowest BCUT2D eigenvalue weighted by atomic mass is 10.2. The largest absolute Gasteiger partial charge is 0.477 e. The van der Waals surface area contributed by atoms with Crippen molar-refractivity contribution in [3.05, 3.63) is 24.0 Å². The first-order valence-electron chi connectivity index (χ1n) is 7.19. The highest BCUT2D eigenvalue weighted by molar-refractivity contribution is 5.75. The van der Waals surface area contributed by atoms with Crippen molar-refractivity contribution in [3.8, 4) is 5.75 Å². The predicted molar refractivity (Wildman–Crippen MR) is 79.2 cm³/mol. The van der Waals surface area contributed by atoms with E-state index in [1.165, 1.54) is 0 Å². The highest BCUT2D eigenvalue weighted by atomic mass is 16.6. The fraction of sp³-hybridized carbons (Fsp3) is 0.600. The maximum Gasteiger partial charge on any atom is 0.347 e. The summed E-state index contributed by atoms with van der Waals surface area (Å²) in [5.41, 5.74) is 0.905. The smallest absolute Gasteiger partial charge is 0.347 e. The number of pyridine rings is 1. The van der Waals surface area contributed by atoms with E-state index in [2.05, 4.69) is 10.3 Å². The molecule has 0 saturated carbocycles. The summed E-state index contributed by atoms with van der Waals surface area (Å²) in [4.78, 5) is 15.9. The number of carbonyl (C=O) groups is 1. The van der Waals surface area contributed by atoms with E-state index >= 15 is 0 Å². The van der Waals surface area contributed by atoms with Crippen LogP contribution in [0.5, 0.6) is 5.75 Å². The van der Waals surface area contributed by atoms with Gasteiger partial charge in [0.15, 0.2) is 6.10 Å². The standard InChI is InChI=1S/C15H24N2O4/c1-4-14(15(18)20-5-2)21-13-7-6-12(17-11-13)10-16-8-9-19-3/h6-7,11,14,16H,4-5,8-10H2,1-3H3. The number of methoxy groups -OCH3 is 1.